The van der Waals surface area contributed by atoms with E-state index < -0.39 is 15.9 Å². The first-order valence-corrected chi connectivity index (χ1v) is 14.3. The van der Waals surface area contributed by atoms with Crippen LogP contribution >= 0.6 is 46.3 Å². The SMILES string of the molecule is O=C(CSc1nnc(NC(=O)c2ccc(S(=O)(=O)N3CCCC3)cc2)s1)Nc1ccc(Cl)c(Cl)c1. The number of carbonyl (C=O) groups excluding carboxylic acids is 2. The monoisotopic (exact) mass is 571 g/mol. The van der Waals surface area contributed by atoms with Gasteiger partial charge in [0.15, 0.2) is 4.34 Å². The minimum atomic E-state index is -3.54. The lowest BCUT2D eigenvalue weighted by atomic mass is 10.2. The molecule has 2 aromatic carbocycles. The summed E-state index contributed by atoms with van der Waals surface area (Å²) < 4.78 is 27.2. The van der Waals surface area contributed by atoms with Crippen LogP contribution in [0.3, 0.4) is 0 Å². The molecule has 1 fully saturated rings. The fourth-order valence-corrected chi connectivity index (χ4v) is 6.60. The molecule has 35 heavy (non-hydrogen) atoms. The van der Waals surface area contributed by atoms with Crippen molar-refractivity contribution in [1.29, 1.82) is 0 Å². The Balaban J connectivity index is 1.30. The van der Waals surface area contributed by atoms with Gasteiger partial charge in [-0.2, -0.15) is 4.31 Å². The van der Waals surface area contributed by atoms with E-state index in [0.29, 0.717) is 33.2 Å². The maximum Gasteiger partial charge on any atom is 0.257 e. The van der Waals surface area contributed by atoms with Gasteiger partial charge >= 0.3 is 0 Å². The molecule has 2 N–H and O–H groups in total. The number of benzene rings is 2. The summed E-state index contributed by atoms with van der Waals surface area (Å²) in [5, 5.41) is 14.2. The second-order valence-corrected chi connectivity index (χ2v) is 12.4. The molecule has 0 bridgehead atoms. The lowest BCUT2D eigenvalue weighted by Crippen LogP contribution is -2.27. The maximum atomic E-state index is 12.6. The van der Waals surface area contributed by atoms with Gasteiger partial charge in [0, 0.05) is 24.3 Å². The summed E-state index contributed by atoms with van der Waals surface area (Å²) in [7, 11) is -3.54. The number of sulfonamides is 1. The molecule has 2 heterocycles. The van der Waals surface area contributed by atoms with Crippen molar-refractivity contribution >= 4 is 79.0 Å². The van der Waals surface area contributed by atoms with Crippen molar-refractivity contribution in [2.24, 2.45) is 0 Å². The van der Waals surface area contributed by atoms with Crippen LogP contribution in [-0.2, 0) is 14.8 Å². The van der Waals surface area contributed by atoms with E-state index in [4.69, 9.17) is 23.2 Å². The number of amides is 2. The van der Waals surface area contributed by atoms with Crippen LogP contribution in [0.1, 0.15) is 23.2 Å². The van der Waals surface area contributed by atoms with Crippen molar-refractivity contribution in [2.75, 3.05) is 29.5 Å². The van der Waals surface area contributed by atoms with Crippen LogP contribution in [0.5, 0.6) is 0 Å². The van der Waals surface area contributed by atoms with Crippen molar-refractivity contribution in [1.82, 2.24) is 14.5 Å². The van der Waals surface area contributed by atoms with E-state index in [9.17, 15) is 18.0 Å². The molecule has 1 aliphatic heterocycles. The molecule has 0 saturated carbocycles. The van der Waals surface area contributed by atoms with Gasteiger partial charge in [0.25, 0.3) is 5.91 Å². The van der Waals surface area contributed by atoms with Crippen molar-refractivity contribution in [3.8, 4) is 0 Å². The third-order valence-electron chi connectivity index (χ3n) is 4.98. The van der Waals surface area contributed by atoms with Crippen molar-refractivity contribution in [2.45, 2.75) is 22.1 Å². The second-order valence-electron chi connectivity index (χ2n) is 7.43. The minimum Gasteiger partial charge on any atom is -0.325 e. The third-order valence-corrected chi connectivity index (χ3v) is 9.60. The number of halogens is 2. The van der Waals surface area contributed by atoms with Gasteiger partial charge in [0.2, 0.25) is 21.1 Å². The summed E-state index contributed by atoms with van der Waals surface area (Å²) in [5.74, 6) is -0.631. The summed E-state index contributed by atoms with van der Waals surface area (Å²) in [6.45, 7) is 1.03. The Morgan fingerprint density at radius 2 is 1.71 bits per heavy atom. The molecule has 1 aromatic heterocycles. The van der Waals surface area contributed by atoms with E-state index in [-0.39, 0.29) is 27.3 Å². The smallest absolute Gasteiger partial charge is 0.257 e. The number of aromatic nitrogens is 2. The maximum absolute atomic E-state index is 12.6. The van der Waals surface area contributed by atoms with E-state index in [0.717, 1.165) is 24.2 Å². The lowest BCUT2D eigenvalue weighted by molar-refractivity contribution is -0.113. The van der Waals surface area contributed by atoms with Gasteiger partial charge in [0.05, 0.1) is 20.7 Å². The van der Waals surface area contributed by atoms with E-state index in [1.54, 1.807) is 18.2 Å². The number of hydrogen-bond donors (Lipinski definition) is 2. The third kappa shape index (κ3) is 6.51. The number of nitrogens with zero attached hydrogens (tertiary/aromatic N) is 3. The Kier molecular flexibility index (Phi) is 8.30. The van der Waals surface area contributed by atoms with Crippen molar-refractivity contribution in [3.63, 3.8) is 0 Å². The van der Waals surface area contributed by atoms with Gasteiger partial charge < -0.3 is 5.32 Å². The summed E-state index contributed by atoms with van der Waals surface area (Å²) >= 11 is 14.1. The van der Waals surface area contributed by atoms with Crippen LogP contribution in [0.2, 0.25) is 10.0 Å². The summed E-state index contributed by atoms with van der Waals surface area (Å²) in [4.78, 5) is 24.9. The van der Waals surface area contributed by atoms with E-state index >= 15 is 0 Å². The Bertz CT molecular complexity index is 1340. The molecule has 0 unspecified atom stereocenters. The van der Waals surface area contributed by atoms with Crippen LogP contribution < -0.4 is 10.6 Å². The quantitative estimate of drug-likeness (QED) is 0.299. The van der Waals surface area contributed by atoms with Gasteiger partial charge in [-0.25, -0.2) is 8.42 Å². The van der Waals surface area contributed by atoms with E-state index in [1.165, 1.54) is 40.3 Å². The van der Waals surface area contributed by atoms with Crippen LogP contribution in [-0.4, -0.2) is 53.6 Å². The molecular weight excluding hydrogens is 553 g/mol. The molecule has 0 radical (unpaired) electrons. The fourth-order valence-electron chi connectivity index (χ4n) is 3.24. The number of carbonyl (C=O) groups is 2. The van der Waals surface area contributed by atoms with Gasteiger partial charge in [0.1, 0.15) is 0 Å². The molecule has 9 nitrogen and oxygen atoms in total. The molecule has 0 atom stereocenters. The molecule has 3 aromatic rings. The molecule has 0 spiro atoms. The molecule has 184 valence electrons. The van der Waals surface area contributed by atoms with Crippen molar-refractivity contribution < 1.29 is 18.0 Å². The van der Waals surface area contributed by atoms with E-state index in [2.05, 4.69) is 20.8 Å². The standard InChI is InChI=1S/C21H19Cl2N5O4S3/c22-16-8-5-14(11-17(16)23)24-18(29)12-33-21-27-26-20(34-21)25-19(30)13-3-6-15(7-4-13)35(31,32)28-9-1-2-10-28/h3-8,11H,1-2,9-10,12H2,(H,24,29)(H,25,26,30). The zero-order chi connectivity index (χ0) is 25.0. The fraction of sp³-hybridized carbons (Fsp3) is 0.238. The molecule has 1 aliphatic rings. The highest BCUT2D eigenvalue weighted by atomic mass is 35.5. The molecule has 14 heteroatoms. The van der Waals surface area contributed by atoms with Crippen LogP contribution in [0.4, 0.5) is 10.8 Å². The minimum absolute atomic E-state index is 0.0791. The number of thioether (sulfide) groups is 1. The zero-order valence-electron chi connectivity index (χ0n) is 18.0. The largest absolute Gasteiger partial charge is 0.325 e. The van der Waals surface area contributed by atoms with Crippen LogP contribution in [0.15, 0.2) is 51.7 Å². The highest BCUT2D eigenvalue weighted by molar-refractivity contribution is 8.01. The Labute approximate surface area is 220 Å². The highest BCUT2D eigenvalue weighted by Crippen LogP contribution is 2.28. The average molecular weight is 573 g/mol. The predicted octanol–water partition coefficient (Wildman–Crippen LogP) is 4.61. The predicted molar refractivity (Wildman–Crippen MR) is 138 cm³/mol. The Hall–Kier alpha value is -2.22. The first-order chi connectivity index (χ1) is 16.7. The summed E-state index contributed by atoms with van der Waals surface area (Å²) in [6.07, 6.45) is 1.70. The summed E-state index contributed by atoms with van der Waals surface area (Å²) in [6, 6.07) is 10.6. The van der Waals surface area contributed by atoms with E-state index in [1.807, 2.05) is 0 Å². The van der Waals surface area contributed by atoms with Crippen LogP contribution in [0, 0.1) is 0 Å². The van der Waals surface area contributed by atoms with Crippen molar-refractivity contribution in [3.05, 3.63) is 58.1 Å². The zero-order valence-corrected chi connectivity index (χ0v) is 22.0. The van der Waals surface area contributed by atoms with Gasteiger partial charge in [-0.05, 0) is 55.3 Å². The number of hydrogen-bond acceptors (Lipinski definition) is 8. The first kappa shape index (κ1) is 25.9. The average Bonchev–Trinajstić information content (AvgIpc) is 3.53. The summed E-state index contributed by atoms with van der Waals surface area (Å²) in [5.41, 5.74) is 0.810. The topological polar surface area (TPSA) is 121 Å². The second kappa shape index (κ2) is 11.2. The van der Waals surface area contributed by atoms with Gasteiger partial charge in [-0.3, -0.25) is 14.9 Å². The van der Waals surface area contributed by atoms with Gasteiger partial charge in [-0.15, -0.1) is 10.2 Å². The first-order valence-electron chi connectivity index (χ1n) is 10.3. The van der Waals surface area contributed by atoms with Crippen LogP contribution in [0.25, 0.3) is 0 Å². The molecule has 2 amide bonds. The Morgan fingerprint density at radius 1 is 1.00 bits per heavy atom. The number of nitrogens with one attached hydrogen (secondary N) is 2. The molecular formula is C21H19Cl2N5O4S3. The number of anilines is 2. The molecule has 0 aliphatic carbocycles. The number of rotatable bonds is 8. The van der Waals surface area contributed by atoms with Gasteiger partial charge in [-0.1, -0.05) is 46.3 Å². The molecule has 4 rings (SSSR count). The lowest BCUT2D eigenvalue weighted by Gasteiger charge is -2.15. The Morgan fingerprint density at radius 3 is 2.40 bits per heavy atom. The highest BCUT2D eigenvalue weighted by Gasteiger charge is 2.27. The molecule has 1 saturated heterocycles. The normalized spacial score (nSPS) is 14.1.